The lowest BCUT2D eigenvalue weighted by Crippen LogP contribution is -2.31. The largest absolute Gasteiger partial charge is 0.351 e. The Hall–Kier alpha value is -2.69. The van der Waals surface area contributed by atoms with E-state index in [2.05, 4.69) is 10.3 Å². The fourth-order valence-electron chi connectivity index (χ4n) is 2.22. The molecule has 0 atom stereocenters. The van der Waals surface area contributed by atoms with Gasteiger partial charge in [-0.1, -0.05) is 25.1 Å². The van der Waals surface area contributed by atoms with Gasteiger partial charge in [0.2, 0.25) is 0 Å². The molecule has 0 aliphatic rings. The molecule has 0 saturated heterocycles. The highest BCUT2D eigenvalue weighted by molar-refractivity contribution is 6.07. The lowest BCUT2D eigenvalue weighted by atomic mass is 10.1. The maximum atomic E-state index is 12.7. The van der Waals surface area contributed by atoms with Crippen molar-refractivity contribution in [3.05, 3.63) is 59.9 Å². The standard InChI is InChI=1S/C18H21N3O2/c1-3-11-20-17(22)16-13-14(10-12-19-16)18(23)21(4-2)15-8-6-5-7-9-15/h5-10,12-13H,3-4,11H2,1-2H3,(H,20,22). The van der Waals surface area contributed by atoms with Crippen LogP contribution in [0.5, 0.6) is 0 Å². The van der Waals surface area contributed by atoms with Gasteiger partial charge in [0.25, 0.3) is 11.8 Å². The summed E-state index contributed by atoms with van der Waals surface area (Å²) in [5, 5.41) is 2.76. The number of carbonyl (C=O) groups excluding carboxylic acids is 2. The number of hydrogen-bond donors (Lipinski definition) is 1. The highest BCUT2D eigenvalue weighted by Gasteiger charge is 2.17. The van der Waals surface area contributed by atoms with Crippen molar-refractivity contribution < 1.29 is 9.59 Å². The van der Waals surface area contributed by atoms with E-state index in [1.165, 1.54) is 6.20 Å². The van der Waals surface area contributed by atoms with Crippen LogP contribution >= 0.6 is 0 Å². The maximum Gasteiger partial charge on any atom is 0.269 e. The molecule has 120 valence electrons. The van der Waals surface area contributed by atoms with E-state index in [4.69, 9.17) is 0 Å². The summed E-state index contributed by atoms with van der Waals surface area (Å²) >= 11 is 0. The van der Waals surface area contributed by atoms with E-state index in [0.29, 0.717) is 18.7 Å². The van der Waals surface area contributed by atoms with Gasteiger partial charge >= 0.3 is 0 Å². The number of amides is 2. The van der Waals surface area contributed by atoms with Crippen molar-refractivity contribution in [2.24, 2.45) is 0 Å². The van der Waals surface area contributed by atoms with Gasteiger partial charge in [0.1, 0.15) is 5.69 Å². The highest BCUT2D eigenvalue weighted by atomic mass is 16.2. The Kier molecular flexibility index (Phi) is 5.86. The van der Waals surface area contributed by atoms with Gasteiger partial charge in [-0.25, -0.2) is 0 Å². The van der Waals surface area contributed by atoms with Crippen LogP contribution in [-0.2, 0) is 0 Å². The minimum Gasteiger partial charge on any atom is -0.351 e. The molecule has 5 heteroatoms. The Balaban J connectivity index is 2.23. The molecule has 1 N–H and O–H groups in total. The first-order valence-electron chi connectivity index (χ1n) is 7.78. The van der Waals surface area contributed by atoms with Gasteiger partial charge in [-0.2, -0.15) is 0 Å². The summed E-state index contributed by atoms with van der Waals surface area (Å²) in [4.78, 5) is 30.4. The van der Waals surface area contributed by atoms with Crippen molar-refractivity contribution in [1.82, 2.24) is 10.3 Å². The van der Waals surface area contributed by atoms with Crippen molar-refractivity contribution in [1.29, 1.82) is 0 Å². The molecule has 0 bridgehead atoms. The zero-order chi connectivity index (χ0) is 16.7. The maximum absolute atomic E-state index is 12.7. The smallest absolute Gasteiger partial charge is 0.269 e. The average molecular weight is 311 g/mol. The number of rotatable bonds is 6. The zero-order valence-electron chi connectivity index (χ0n) is 13.5. The molecule has 5 nitrogen and oxygen atoms in total. The first-order valence-corrected chi connectivity index (χ1v) is 7.78. The first kappa shape index (κ1) is 16.7. The lowest BCUT2D eigenvalue weighted by molar-refractivity contribution is 0.0948. The topological polar surface area (TPSA) is 62.3 Å². The quantitative estimate of drug-likeness (QED) is 0.892. The van der Waals surface area contributed by atoms with Crippen LogP contribution in [0.4, 0.5) is 5.69 Å². The number of nitrogens with zero attached hydrogens (tertiary/aromatic N) is 2. The predicted octanol–water partition coefficient (Wildman–Crippen LogP) is 2.89. The summed E-state index contributed by atoms with van der Waals surface area (Å²) in [6.45, 7) is 5.03. The predicted molar refractivity (Wildman–Crippen MR) is 90.7 cm³/mol. The third-order valence-corrected chi connectivity index (χ3v) is 3.40. The first-order chi connectivity index (χ1) is 11.2. The van der Waals surface area contributed by atoms with Gasteiger partial charge in [-0.15, -0.1) is 0 Å². The van der Waals surface area contributed by atoms with Gasteiger partial charge in [-0.3, -0.25) is 14.6 Å². The molecule has 0 unspecified atom stereocenters. The van der Waals surface area contributed by atoms with Crippen molar-refractivity contribution in [3.63, 3.8) is 0 Å². The van der Waals surface area contributed by atoms with Gasteiger partial charge in [0.05, 0.1) is 0 Å². The van der Waals surface area contributed by atoms with Crippen LogP contribution in [0.1, 0.15) is 41.1 Å². The summed E-state index contributed by atoms with van der Waals surface area (Å²) in [6, 6.07) is 12.6. The van der Waals surface area contributed by atoms with E-state index in [0.717, 1.165) is 12.1 Å². The number of benzene rings is 1. The van der Waals surface area contributed by atoms with Crippen molar-refractivity contribution >= 4 is 17.5 Å². The van der Waals surface area contributed by atoms with E-state index in [1.54, 1.807) is 17.0 Å². The van der Waals surface area contributed by atoms with Gasteiger partial charge in [-0.05, 0) is 37.6 Å². The Morgan fingerprint density at radius 1 is 1.13 bits per heavy atom. The Bertz CT molecular complexity index is 671. The van der Waals surface area contributed by atoms with Crippen LogP contribution in [0.3, 0.4) is 0 Å². The van der Waals surface area contributed by atoms with Crippen LogP contribution in [0.15, 0.2) is 48.7 Å². The van der Waals surface area contributed by atoms with E-state index >= 15 is 0 Å². The Labute approximate surface area is 136 Å². The molecule has 1 aromatic carbocycles. The van der Waals surface area contributed by atoms with Crippen LogP contribution in [0.25, 0.3) is 0 Å². The monoisotopic (exact) mass is 311 g/mol. The normalized spacial score (nSPS) is 10.2. The number of carbonyl (C=O) groups is 2. The number of anilines is 1. The SMILES string of the molecule is CCCNC(=O)c1cc(C(=O)N(CC)c2ccccc2)ccn1. The molecule has 2 rings (SSSR count). The van der Waals surface area contributed by atoms with Crippen LogP contribution in [0.2, 0.25) is 0 Å². The second-order valence-electron chi connectivity index (χ2n) is 5.07. The molecule has 2 aromatic rings. The molecule has 1 aromatic heterocycles. The van der Waals surface area contributed by atoms with Gasteiger partial charge < -0.3 is 10.2 Å². The molecule has 23 heavy (non-hydrogen) atoms. The average Bonchev–Trinajstić information content (AvgIpc) is 2.61. The molecular weight excluding hydrogens is 290 g/mol. The molecule has 0 fully saturated rings. The molecule has 0 spiro atoms. The third-order valence-electron chi connectivity index (χ3n) is 3.40. The zero-order valence-corrected chi connectivity index (χ0v) is 13.5. The lowest BCUT2D eigenvalue weighted by Gasteiger charge is -2.21. The van der Waals surface area contributed by atoms with Crippen LogP contribution < -0.4 is 10.2 Å². The van der Waals surface area contributed by atoms with E-state index < -0.39 is 0 Å². The third kappa shape index (κ3) is 4.16. The van der Waals surface area contributed by atoms with Gasteiger partial charge in [0, 0.05) is 30.5 Å². The molecule has 0 radical (unpaired) electrons. The van der Waals surface area contributed by atoms with E-state index in [9.17, 15) is 9.59 Å². The Morgan fingerprint density at radius 2 is 1.87 bits per heavy atom. The van der Waals surface area contributed by atoms with Crippen molar-refractivity contribution in [3.8, 4) is 0 Å². The molecular formula is C18H21N3O2. The number of nitrogens with one attached hydrogen (secondary N) is 1. The van der Waals surface area contributed by atoms with Crippen LogP contribution in [-0.4, -0.2) is 29.9 Å². The van der Waals surface area contributed by atoms with E-state index in [-0.39, 0.29) is 17.5 Å². The fraction of sp³-hybridized carbons (Fsp3) is 0.278. The molecule has 0 aliphatic carbocycles. The number of pyridine rings is 1. The minimum atomic E-state index is -0.260. The van der Waals surface area contributed by atoms with E-state index in [1.807, 2.05) is 44.2 Å². The summed E-state index contributed by atoms with van der Waals surface area (Å²) in [5.41, 5.74) is 1.54. The van der Waals surface area contributed by atoms with Gasteiger partial charge in [0.15, 0.2) is 0 Å². The Morgan fingerprint density at radius 3 is 2.52 bits per heavy atom. The summed E-state index contributed by atoms with van der Waals surface area (Å²) < 4.78 is 0. The summed E-state index contributed by atoms with van der Waals surface area (Å²) in [6.07, 6.45) is 2.34. The van der Waals surface area contributed by atoms with Crippen LogP contribution in [0, 0.1) is 0 Å². The fourth-order valence-corrected chi connectivity index (χ4v) is 2.22. The second-order valence-corrected chi connectivity index (χ2v) is 5.07. The highest BCUT2D eigenvalue weighted by Crippen LogP contribution is 2.16. The molecule has 0 aliphatic heterocycles. The number of hydrogen-bond acceptors (Lipinski definition) is 3. The number of aromatic nitrogens is 1. The molecule has 1 heterocycles. The summed E-state index contributed by atoms with van der Waals surface area (Å²) in [7, 11) is 0. The minimum absolute atomic E-state index is 0.148. The molecule has 0 saturated carbocycles. The second kappa shape index (κ2) is 8.08. The molecule has 2 amide bonds. The van der Waals surface area contributed by atoms with Crippen molar-refractivity contribution in [2.75, 3.05) is 18.0 Å². The summed E-state index contributed by atoms with van der Waals surface area (Å²) in [5.74, 6) is -0.407. The van der Waals surface area contributed by atoms with Crippen molar-refractivity contribution in [2.45, 2.75) is 20.3 Å². The number of para-hydroxylation sites is 1.